The lowest BCUT2D eigenvalue weighted by molar-refractivity contribution is 0.186. The van der Waals surface area contributed by atoms with Gasteiger partial charge in [-0.05, 0) is 25.7 Å². The van der Waals surface area contributed by atoms with E-state index in [1.165, 1.54) is 11.3 Å². The predicted octanol–water partition coefficient (Wildman–Crippen LogP) is 2.72. The molecule has 0 atom stereocenters. The fraction of sp³-hybridized carbons (Fsp3) is 0.636. The van der Waals surface area contributed by atoms with Crippen molar-refractivity contribution in [1.29, 1.82) is 0 Å². The smallest absolute Gasteiger partial charge is 0.323 e. The highest BCUT2D eigenvalue weighted by atomic mass is 32.1. The molecule has 0 bridgehead atoms. The lowest BCUT2D eigenvalue weighted by Gasteiger charge is -2.29. The number of anilines is 1. The Morgan fingerprint density at radius 2 is 2.25 bits per heavy atom. The molecule has 0 aliphatic carbocycles. The Balaban J connectivity index is 1.88. The van der Waals surface area contributed by atoms with E-state index >= 15 is 0 Å². The van der Waals surface area contributed by atoms with Gasteiger partial charge in [0.05, 0.1) is 5.69 Å². The third kappa shape index (κ3) is 2.72. The van der Waals surface area contributed by atoms with Crippen LogP contribution in [0.25, 0.3) is 0 Å². The van der Waals surface area contributed by atoms with Crippen LogP contribution in [0.5, 0.6) is 0 Å². The first-order valence-electron chi connectivity index (χ1n) is 5.63. The quantitative estimate of drug-likeness (QED) is 0.819. The van der Waals surface area contributed by atoms with Crippen LogP contribution in [-0.4, -0.2) is 29.0 Å². The fourth-order valence-corrected chi connectivity index (χ4v) is 2.47. The highest BCUT2D eigenvalue weighted by molar-refractivity contribution is 7.13. The van der Waals surface area contributed by atoms with Crippen molar-refractivity contribution < 1.29 is 4.79 Å². The van der Waals surface area contributed by atoms with Crippen molar-refractivity contribution >= 4 is 22.5 Å². The van der Waals surface area contributed by atoms with Gasteiger partial charge in [0, 0.05) is 18.5 Å². The summed E-state index contributed by atoms with van der Waals surface area (Å²) in [4.78, 5) is 18.0. The molecule has 16 heavy (non-hydrogen) atoms. The number of thiazole rings is 1. The maximum Gasteiger partial charge on any atom is 0.323 e. The van der Waals surface area contributed by atoms with Crippen molar-refractivity contribution in [2.75, 3.05) is 18.4 Å². The Hall–Kier alpha value is -1.10. The van der Waals surface area contributed by atoms with Gasteiger partial charge in [0.2, 0.25) is 0 Å². The summed E-state index contributed by atoms with van der Waals surface area (Å²) in [5.74, 6) is 0.742. The van der Waals surface area contributed by atoms with Gasteiger partial charge in [0.1, 0.15) is 0 Å². The number of amides is 2. The number of carbonyl (C=O) groups is 1. The van der Waals surface area contributed by atoms with Crippen molar-refractivity contribution in [3.8, 4) is 0 Å². The van der Waals surface area contributed by atoms with E-state index in [1.807, 2.05) is 17.2 Å². The highest BCUT2D eigenvalue weighted by Crippen LogP contribution is 2.19. The van der Waals surface area contributed by atoms with Gasteiger partial charge in [-0.25, -0.2) is 9.78 Å². The van der Waals surface area contributed by atoms with E-state index in [2.05, 4.69) is 17.2 Å². The molecule has 2 heterocycles. The molecule has 0 saturated carbocycles. The Bertz CT molecular complexity index is 369. The SMILES string of the molecule is Cc1csc(NC(=O)N2CCC(C)CC2)n1. The molecule has 4 nitrogen and oxygen atoms in total. The molecular weight excluding hydrogens is 222 g/mol. The summed E-state index contributed by atoms with van der Waals surface area (Å²) in [6, 6.07) is -0.0127. The lowest BCUT2D eigenvalue weighted by Crippen LogP contribution is -2.40. The van der Waals surface area contributed by atoms with Gasteiger partial charge in [-0.2, -0.15) is 0 Å². The maximum atomic E-state index is 11.9. The molecule has 2 rings (SSSR count). The van der Waals surface area contributed by atoms with Gasteiger partial charge < -0.3 is 4.90 Å². The lowest BCUT2D eigenvalue weighted by atomic mass is 10.00. The number of aromatic nitrogens is 1. The third-order valence-electron chi connectivity index (χ3n) is 2.90. The molecule has 0 unspecified atom stereocenters. The molecule has 0 aromatic carbocycles. The van der Waals surface area contributed by atoms with E-state index in [-0.39, 0.29) is 6.03 Å². The van der Waals surface area contributed by atoms with Crippen molar-refractivity contribution in [2.45, 2.75) is 26.7 Å². The molecular formula is C11H17N3OS. The van der Waals surface area contributed by atoms with Crippen LogP contribution in [0.2, 0.25) is 0 Å². The van der Waals surface area contributed by atoms with Crippen molar-refractivity contribution in [2.24, 2.45) is 5.92 Å². The second kappa shape index (κ2) is 4.82. The van der Waals surface area contributed by atoms with E-state index in [0.717, 1.165) is 37.5 Å². The minimum absolute atomic E-state index is 0.0127. The molecule has 1 aliphatic heterocycles. The van der Waals surface area contributed by atoms with Crippen LogP contribution in [-0.2, 0) is 0 Å². The normalized spacial score (nSPS) is 17.5. The monoisotopic (exact) mass is 239 g/mol. The Morgan fingerprint density at radius 1 is 1.56 bits per heavy atom. The number of likely N-dealkylation sites (tertiary alicyclic amines) is 1. The first-order chi connectivity index (χ1) is 7.65. The minimum atomic E-state index is -0.0127. The molecule has 1 aromatic rings. The number of piperidine rings is 1. The van der Waals surface area contributed by atoms with Gasteiger partial charge in [0.25, 0.3) is 0 Å². The number of aryl methyl sites for hydroxylation is 1. The zero-order chi connectivity index (χ0) is 11.5. The van der Waals surface area contributed by atoms with Crippen LogP contribution in [0.3, 0.4) is 0 Å². The summed E-state index contributed by atoms with van der Waals surface area (Å²) < 4.78 is 0. The zero-order valence-corrected chi connectivity index (χ0v) is 10.5. The van der Waals surface area contributed by atoms with E-state index in [9.17, 15) is 4.79 Å². The third-order valence-corrected chi connectivity index (χ3v) is 3.78. The molecule has 1 N–H and O–H groups in total. The Morgan fingerprint density at radius 3 is 2.81 bits per heavy atom. The number of hydrogen-bond acceptors (Lipinski definition) is 3. The Kier molecular flexibility index (Phi) is 3.43. The molecule has 5 heteroatoms. The van der Waals surface area contributed by atoms with Gasteiger partial charge in [-0.1, -0.05) is 6.92 Å². The molecule has 88 valence electrons. The summed E-state index contributed by atoms with van der Waals surface area (Å²) in [6.45, 7) is 5.88. The number of carbonyl (C=O) groups excluding carboxylic acids is 1. The molecule has 0 radical (unpaired) electrons. The van der Waals surface area contributed by atoms with E-state index in [0.29, 0.717) is 5.13 Å². The largest absolute Gasteiger partial charge is 0.324 e. The van der Waals surface area contributed by atoms with Gasteiger partial charge in [-0.3, -0.25) is 5.32 Å². The minimum Gasteiger partial charge on any atom is -0.324 e. The standard InChI is InChI=1S/C11H17N3OS/c1-8-3-5-14(6-4-8)11(15)13-10-12-9(2)7-16-10/h7-8H,3-6H2,1-2H3,(H,12,13,15). The van der Waals surface area contributed by atoms with E-state index in [1.54, 1.807) is 0 Å². The molecule has 1 fully saturated rings. The summed E-state index contributed by atoms with van der Waals surface area (Å²) in [7, 11) is 0. The van der Waals surface area contributed by atoms with Crippen molar-refractivity contribution in [3.63, 3.8) is 0 Å². The van der Waals surface area contributed by atoms with Crippen LogP contribution in [0, 0.1) is 12.8 Å². The molecule has 1 aromatic heterocycles. The summed E-state index contributed by atoms with van der Waals surface area (Å²) in [5, 5.41) is 5.48. The van der Waals surface area contributed by atoms with Crippen molar-refractivity contribution in [1.82, 2.24) is 9.88 Å². The second-order valence-electron chi connectivity index (χ2n) is 4.39. The van der Waals surface area contributed by atoms with E-state index < -0.39 is 0 Å². The van der Waals surface area contributed by atoms with Crippen LogP contribution < -0.4 is 5.32 Å². The molecule has 1 aliphatic rings. The first-order valence-corrected chi connectivity index (χ1v) is 6.51. The second-order valence-corrected chi connectivity index (χ2v) is 5.25. The molecule has 0 spiro atoms. The zero-order valence-electron chi connectivity index (χ0n) is 9.69. The van der Waals surface area contributed by atoms with E-state index in [4.69, 9.17) is 0 Å². The highest BCUT2D eigenvalue weighted by Gasteiger charge is 2.20. The number of nitrogens with one attached hydrogen (secondary N) is 1. The number of rotatable bonds is 1. The first kappa shape index (κ1) is 11.4. The topological polar surface area (TPSA) is 45.2 Å². The van der Waals surface area contributed by atoms with Crippen LogP contribution >= 0.6 is 11.3 Å². The summed E-state index contributed by atoms with van der Waals surface area (Å²) in [5.41, 5.74) is 0.951. The average molecular weight is 239 g/mol. The van der Waals surface area contributed by atoms with Gasteiger partial charge in [0.15, 0.2) is 5.13 Å². The van der Waals surface area contributed by atoms with Gasteiger partial charge in [-0.15, -0.1) is 11.3 Å². The van der Waals surface area contributed by atoms with Crippen LogP contribution in [0.1, 0.15) is 25.5 Å². The van der Waals surface area contributed by atoms with Gasteiger partial charge >= 0.3 is 6.03 Å². The average Bonchev–Trinajstić information content (AvgIpc) is 2.65. The maximum absolute atomic E-state index is 11.9. The van der Waals surface area contributed by atoms with Crippen LogP contribution in [0.4, 0.5) is 9.93 Å². The number of nitrogens with zero attached hydrogens (tertiary/aromatic N) is 2. The number of urea groups is 1. The van der Waals surface area contributed by atoms with Crippen LogP contribution in [0.15, 0.2) is 5.38 Å². The number of hydrogen-bond donors (Lipinski definition) is 1. The molecule has 1 saturated heterocycles. The predicted molar refractivity (Wildman–Crippen MR) is 65.8 cm³/mol. The fourth-order valence-electron chi connectivity index (χ4n) is 1.79. The Labute approximate surface area is 99.7 Å². The van der Waals surface area contributed by atoms with Crippen molar-refractivity contribution in [3.05, 3.63) is 11.1 Å². The summed E-state index contributed by atoms with van der Waals surface area (Å²) >= 11 is 1.47. The molecule has 2 amide bonds. The summed E-state index contributed by atoms with van der Waals surface area (Å²) in [6.07, 6.45) is 2.20.